The second-order valence-electron chi connectivity index (χ2n) is 5.90. The molecule has 0 amide bonds. The summed E-state index contributed by atoms with van der Waals surface area (Å²) >= 11 is 5.81. The van der Waals surface area contributed by atoms with Gasteiger partial charge in [0.15, 0.2) is 0 Å². The number of carboxylic acids is 1. The predicted molar refractivity (Wildman–Crippen MR) is 102 cm³/mol. The Balaban J connectivity index is 1.65. The van der Waals surface area contributed by atoms with Gasteiger partial charge in [-0.05, 0) is 56.0 Å². The molecule has 1 aromatic heterocycles. The lowest BCUT2D eigenvalue weighted by Gasteiger charge is -2.07. The molecule has 0 saturated heterocycles. The fourth-order valence-electron chi connectivity index (χ4n) is 2.44. The van der Waals surface area contributed by atoms with Crippen molar-refractivity contribution in [3.05, 3.63) is 51.7 Å². The van der Waals surface area contributed by atoms with E-state index < -0.39 is 11.2 Å². The Morgan fingerprint density at radius 1 is 1.17 bits per heavy atom. The first-order chi connectivity index (χ1) is 11.5. The van der Waals surface area contributed by atoms with Gasteiger partial charge in [-0.1, -0.05) is 25.0 Å². The number of unbranched alkanes of at least 4 members (excludes halogenated alkanes) is 2. The van der Waals surface area contributed by atoms with Crippen molar-refractivity contribution in [2.75, 3.05) is 0 Å². The van der Waals surface area contributed by atoms with Gasteiger partial charge in [0.05, 0.1) is 5.25 Å². The number of hydrogen-bond donors (Lipinski definition) is 2. The molecule has 0 aliphatic rings. The van der Waals surface area contributed by atoms with Gasteiger partial charge < -0.3 is 9.84 Å². The van der Waals surface area contributed by atoms with Crippen LogP contribution in [0, 0.1) is 6.92 Å². The van der Waals surface area contributed by atoms with E-state index in [0.717, 1.165) is 31.4 Å². The molecule has 0 spiro atoms. The number of thiol groups is 1. The van der Waals surface area contributed by atoms with E-state index in [4.69, 9.17) is 9.84 Å². The van der Waals surface area contributed by atoms with Gasteiger partial charge in [-0.15, -0.1) is 11.3 Å². The highest BCUT2D eigenvalue weighted by molar-refractivity contribution is 7.81. The van der Waals surface area contributed by atoms with Crippen LogP contribution >= 0.6 is 24.0 Å². The van der Waals surface area contributed by atoms with E-state index in [1.54, 1.807) is 11.3 Å². The first-order valence-electron chi connectivity index (χ1n) is 8.22. The summed E-state index contributed by atoms with van der Waals surface area (Å²) in [5.74, 6) is 0.0656. The van der Waals surface area contributed by atoms with Gasteiger partial charge >= 0.3 is 5.97 Å². The van der Waals surface area contributed by atoms with Crippen LogP contribution in [0.2, 0.25) is 0 Å². The van der Waals surface area contributed by atoms with Crippen LogP contribution in [0.3, 0.4) is 0 Å². The van der Waals surface area contributed by atoms with E-state index in [9.17, 15) is 4.79 Å². The first kappa shape index (κ1) is 18.9. The molecule has 1 heterocycles. The Kier molecular flexibility index (Phi) is 7.66. The molecule has 1 unspecified atom stereocenters. The summed E-state index contributed by atoms with van der Waals surface area (Å²) in [6.45, 7) is 2.72. The topological polar surface area (TPSA) is 46.5 Å². The Bertz CT molecular complexity index is 634. The highest BCUT2D eigenvalue weighted by Crippen LogP contribution is 2.20. The van der Waals surface area contributed by atoms with Crippen molar-refractivity contribution in [2.24, 2.45) is 0 Å². The molecular weight excluding hydrogens is 340 g/mol. The molecule has 0 fully saturated rings. The van der Waals surface area contributed by atoms with Crippen LogP contribution in [-0.4, -0.2) is 16.3 Å². The molecule has 0 aliphatic carbocycles. The van der Waals surface area contributed by atoms with Crippen molar-refractivity contribution in [1.82, 2.24) is 0 Å². The molecule has 0 saturated carbocycles. The van der Waals surface area contributed by atoms with E-state index in [1.165, 1.54) is 15.3 Å². The molecule has 130 valence electrons. The Labute approximate surface area is 153 Å². The summed E-state index contributed by atoms with van der Waals surface area (Å²) in [7, 11) is 0. The molecule has 1 atom stereocenters. The molecule has 0 bridgehead atoms. The van der Waals surface area contributed by atoms with Gasteiger partial charge in [-0.3, -0.25) is 4.79 Å². The fraction of sp³-hybridized carbons (Fsp3) is 0.421. The number of aryl methyl sites for hydroxylation is 2. The van der Waals surface area contributed by atoms with Crippen LogP contribution in [0.4, 0.5) is 0 Å². The van der Waals surface area contributed by atoms with Crippen molar-refractivity contribution >= 4 is 29.9 Å². The van der Waals surface area contributed by atoms with E-state index in [-0.39, 0.29) is 0 Å². The summed E-state index contributed by atoms with van der Waals surface area (Å²) in [5, 5.41) is 8.24. The number of benzene rings is 1. The minimum atomic E-state index is -0.827. The van der Waals surface area contributed by atoms with Gasteiger partial charge in [0.25, 0.3) is 0 Å². The monoisotopic (exact) mass is 364 g/mol. The third-order valence-electron chi connectivity index (χ3n) is 3.83. The SMILES string of the molecule is Cc1ccc(COc2ccc(CCCCCC(S)C(=O)O)cc2)s1. The average molecular weight is 365 g/mol. The summed E-state index contributed by atoms with van der Waals surface area (Å²) in [4.78, 5) is 13.2. The summed E-state index contributed by atoms with van der Waals surface area (Å²) in [5.41, 5.74) is 1.29. The number of carbonyl (C=O) groups is 1. The maximum Gasteiger partial charge on any atom is 0.316 e. The number of aliphatic carboxylic acids is 1. The molecular formula is C19H24O3S2. The molecule has 2 aromatic rings. The molecule has 0 aliphatic heterocycles. The van der Waals surface area contributed by atoms with E-state index >= 15 is 0 Å². The second-order valence-corrected chi connectivity index (χ2v) is 7.89. The predicted octanol–water partition coefficient (Wildman–Crippen LogP) is 5.12. The number of thiophene rings is 1. The highest BCUT2D eigenvalue weighted by atomic mass is 32.1. The first-order valence-corrected chi connectivity index (χ1v) is 9.56. The lowest BCUT2D eigenvalue weighted by Crippen LogP contribution is -2.12. The molecule has 1 N–H and O–H groups in total. The third kappa shape index (κ3) is 6.57. The zero-order valence-electron chi connectivity index (χ0n) is 13.9. The van der Waals surface area contributed by atoms with Crippen LogP contribution in [0.5, 0.6) is 5.75 Å². The smallest absolute Gasteiger partial charge is 0.316 e. The van der Waals surface area contributed by atoms with Crippen molar-refractivity contribution < 1.29 is 14.6 Å². The maximum absolute atomic E-state index is 10.7. The van der Waals surface area contributed by atoms with Gasteiger partial charge in [0.1, 0.15) is 12.4 Å². The normalized spacial score (nSPS) is 12.1. The lowest BCUT2D eigenvalue weighted by atomic mass is 10.1. The van der Waals surface area contributed by atoms with Gasteiger partial charge in [-0.2, -0.15) is 12.6 Å². The van der Waals surface area contributed by atoms with Crippen molar-refractivity contribution in [3.63, 3.8) is 0 Å². The zero-order valence-corrected chi connectivity index (χ0v) is 15.6. The molecule has 1 aromatic carbocycles. The summed E-state index contributed by atoms with van der Waals surface area (Å²) in [6, 6.07) is 12.5. The third-order valence-corrected chi connectivity index (χ3v) is 5.28. The average Bonchev–Trinajstić information content (AvgIpc) is 2.99. The van der Waals surface area contributed by atoms with Crippen molar-refractivity contribution in [3.8, 4) is 5.75 Å². The van der Waals surface area contributed by atoms with Crippen LogP contribution in [0.1, 0.15) is 41.0 Å². The highest BCUT2D eigenvalue weighted by Gasteiger charge is 2.10. The van der Waals surface area contributed by atoms with E-state index in [1.807, 2.05) is 12.1 Å². The standard InChI is InChI=1S/C19H24O3S2/c1-14-7-12-17(24-14)13-22-16-10-8-15(9-11-16)5-3-2-4-6-18(23)19(20)21/h7-12,18,23H,2-6,13H2,1H3,(H,20,21). The molecule has 5 heteroatoms. The Hall–Kier alpha value is -1.46. The van der Waals surface area contributed by atoms with Gasteiger partial charge in [-0.25, -0.2) is 0 Å². The van der Waals surface area contributed by atoms with Crippen molar-refractivity contribution in [2.45, 2.75) is 50.9 Å². The van der Waals surface area contributed by atoms with Gasteiger partial charge in [0.2, 0.25) is 0 Å². The number of carboxylic acid groups (broad SMARTS) is 1. The van der Waals surface area contributed by atoms with Crippen molar-refractivity contribution in [1.29, 1.82) is 0 Å². The second kappa shape index (κ2) is 9.74. The quantitative estimate of drug-likeness (QED) is 0.454. The molecule has 3 nitrogen and oxygen atoms in total. The maximum atomic E-state index is 10.7. The largest absolute Gasteiger partial charge is 0.488 e. The van der Waals surface area contributed by atoms with Crippen LogP contribution < -0.4 is 4.74 Å². The Morgan fingerprint density at radius 3 is 2.54 bits per heavy atom. The minimum Gasteiger partial charge on any atom is -0.488 e. The number of rotatable bonds is 10. The molecule has 24 heavy (non-hydrogen) atoms. The summed E-state index contributed by atoms with van der Waals surface area (Å²) in [6.07, 6.45) is 4.64. The van der Waals surface area contributed by atoms with Crippen LogP contribution in [-0.2, 0) is 17.8 Å². The number of ether oxygens (including phenoxy) is 1. The molecule has 2 rings (SSSR count). The summed E-state index contributed by atoms with van der Waals surface area (Å²) < 4.78 is 5.80. The lowest BCUT2D eigenvalue weighted by molar-refractivity contribution is -0.136. The van der Waals surface area contributed by atoms with Crippen LogP contribution in [0.25, 0.3) is 0 Å². The minimum absolute atomic E-state index is 0.534. The number of hydrogen-bond acceptors (Lipinski definition) is 4. The Morgan fingerprint density at radius 2 is 1.92 bits per heavy atom. The van der Waals surface area contributed by atoms with E-state index in [2.05, 4.69) is 43.8 Å². The van der Waals surface area contributed by atoms with E-state index in [0.29, 0.717) is 13.0 Å². The zero-order chi connectivity index (χ0) is 17.4. The van der Waals surface area contributed by atoms with Crippen LogP contribution in [0.15, 0.2) is 36.4 Å². The fourth-order valence-corrected chi connectivity index (χ4v) is 3.42. The van der Waals surface area contributed by atoms with Gasteiger partial charge in [0, 0.05) is 9.75 Å². The molecule has 0 radical (unpaired) electrons.